The van der Waals surface area contributed by atoms with Crippen LogP contribution in [-0.2, 0) is 19.3 Å². The van der Waals surface area contributed by atoms with Gasteiger partial charge in [0.1, 0.15) is 5.82 Å². The summed E-state index contributed by atoms with van der Waals surface area (Å²) >= 11 is 0. The van der Waals surface area contributed by atoms with E-state index in [9.17, 15) is 17.9 Å². The van der Waals surface area contributed by atoms with Crippen molar-refractivity contribution >= 4 is 9.84 Å². The van der Waals surface area contributed by atoms with Crippen LogP contribution in [0.2, 0.25) is 0 Å². The molecule has 1 saturated carbocycles. The first kappa shape index (κ1) is 24.6. The zero-order chi connectivity index (χ0) is 24.8. The van der Waals surface area contributed by atoms with Crippen LogP contribution in [0.3, 0.4) is 0 Å². The molecule has 5 rings (SSSR count). The average molecular weight is 507 g/mol. The maximum absolute atomic E-state index is 14.5. The van der Waals surface area contributed by atoms with Gasteiger partial charge in [0.05, 0.1) is 30.3 Å². The fourth-order valence-corrected chi connectivity index (χ4v) is 5.53. The highest BCUT2D eigenvalue weighted by Crippen LogP contribution is 2.41. The number of fused-ring (bicyclic) bond motifs is 2. The lowest BCUT2D eigenvalue weighted by atomic mass is 9.77. The highest BCUT2D eigenvalue weighted by atomic mass is 32.2. The number of benzene rings is 1. The smallest absolute Gasteiger partial charge is 0.216 e. The van der Waals surface area contributed by atoms with Crippen molar-refractivity contribution in [1.29, 1.82) is 0 Å². The SMILES string of the molecule is CC1(OC(O)N2CC3COCC(C2)C3COc2ccc(-c3ccc(S(C)(=O)=O)cc3F)cn2)CC1. The molecule has 1 aliphatic carbocycles. The number of sulfone groups is 1. The minimum absolute atomic E-state index is 0.0620. The Morgan fingerprint density at radius 2 is 1.94 bits per heavy atom. The van der Waals surface area contributed by atoms with Gasteiger partial charge < -0.3 is 19.3 Å². The first-order valence-corrected chi connectivity index (χ1v) is 13.8. The van der Waals surface area contributed by atoms with Crippen LogP contribution < -0.4 is 4.74 Å². The highest BCUT2D eigenvalue weighted by Gasteiger charge is 2.46. The molecule has 2 saturated heterocycles. The van der Waals surface area contributed by atoms with Gasteiger partial charge in [0.2, 0.25) is 12.3 Å². The number of halogens is 1. The number of ether oxygens (including phenoxy) is 3. The minimum Gasteiger partial charge on any atom is -0.477 e. The lowest BCUT2D eigenvalue weighted by Gasteiger charge is -2.48. The molecule has 190 valence electrons. The number of pyridine rings is 1. The van der Waals surface area contributed by atoms with Crippen molar-refractivity contribution in [3.8, 4) is 17.0 Å². The quantitative estimate of drug-likeness (QED) is 0.546. The first-order chi connectivity index (χ1) is 16.6. The number of aliphatic hydroxyl groups excluding tert-OH is 1. The fourth-order valence-electron chi connectivity index (χ4n) is 4.90. The predicted molar refractivity (Wildman–Crippen MR) is 126 cm³/mol. The van der Waals surface area contributed by atoms with Gasteiger partial charge in [0.15, 0.2) is 9.84 Å². The van der Waals surface area contributed by atoms with E-state index in [4.69, 9.17) is 14.2 Å². The molecule has 3 heterocycles. The fraction of sp³-hybridized carbons (Fsp3) is 0.560. The van der Waals surface area contributed by atoms with Gasteiger partial charge in [-0.25, -0.2) is 17.8 Å². The van der Waals surface area contributed by atoms with E-state index in [1.54, 1.807) is 12.1 Å². The summed E-state index contributed by atoms with van der Waals surface area (Å²) in [6.07, 6.45) is 3.63. The summed E-state index contributed by atoms with van der Waals surface area (Å²) in [6, 6.07) is 7.25. The largest absolute Gasteiger partial charge is 0.477 e. The maximum Gasteiger partial charge on any atom is 0.216 e. The van der Waals surface area contributed by atoms with Crippen molar-refractivity contribution in [3.63, 3.8) is 0 Å². The van der Waals surface area contributed by atoms with Crippen molar-refractivity contribution in [3.05, 3.63) is 42.3 Å². The highest BCUT2D eigenvalue weighted by molar-refractivity contribution is 7.90. The molecule has 3 fully saturated rings. The zero-order valence-electron chi connectivity index (χ0n) is 19.9. The van der Waals surface area contributed by atoms with Gasteiger partial charge in [-0.15, -0.1) is 0 Å². The van der Waals surface area contributed by atoms with E-state index in [-0.39, 0.29) is 33.8 Å². The molecule has 2 aromatic rings. The van der Waals surface area contributed by atoms with Gasteiger partial charge in [0.25, 0.3) is 0 Å². The van der Waals surface area contributed by atoms with Crippen molar-refractivity contribution in [1.82, 2.24) is 9.88 Å². The second kappa shape index (κ2) is 9.40. The summed E-state index contributed by atoms with van der Waals surface area (Å²) in [4.78, 5) is 6.26. The predicted octanol–water partition coefficient (Wildman–Crippen LogP) is 2.71. The molecule has 2 aliphatic heterocycles. The number of hydrogen-bond donors (Lipinski definition) is 1. The molecule has 3 aliphatic rings. The number of rotatable bonds is 8. The molecule has 8 nitrogen and oxygen atoms in total. The average Bonchev–Trinajstić information content (AvgIpc) is 3.53. The Morgan fingerprint density at radius 3 is 2.51 bits per heavy atom. The van der Waals surface area contributed by atoms with E-state index in [0.29, 0.717) is 44.4 Å². The Labute approximate surface area is 204 Å². The molecule has 1 aromatic carbocycles. The second-order valence-electron chi connectivity index (χ2n) is 10.2. The standard InChI is InChI=1S/C25H31FN2O6S/c1-25(7-8-25)34-24(29)28-11-17-13-32-14-18(12-28)21(17)15-33-23-6-3-16(10-27-23)20-5-4-19(9-22(20)26)35(2,30)31/h3-6,9-10,17-18,21,24,29H,7-8,11-15H2,1-2H3. The normalized spacial score (nSPS) is 26.8. The molecule has 3 unspecified atom stereocenters. The van der Waals surface area contributed by atoms with E-state index in [0.717, 1.165) is 25.2 Å². The van der Waals surface area contributed by atoms with Crippen LogP contribution in [0.25, 0.3) is 11.1 Å². The molecule has 3 atom stereocenters. The van der Waals surface area contributed by atoms with E-state index < -0.39 is 22.1 Å². The van der Waals surface area contributed by atoms with E-state index in [1.807, 2.05) is 11.8 Å². The van der Waals surface area contributed by atoms with E-state index >= 15 is 0 Å². The van der Waals surface area contributed by atoms with Gasteiger partial charge in [-0.3, -0.25) is 4.90 Å². The van der Waals surface area contributed by atoms with Gasteiger partial charge in [-0.2, -0.15) is 0 Å². The third-order valence-corrected chi connectivity index (χ3v) is 8.42. The summed E-state index contributed by atoms with van der Waals surface area (Å²) in [6.45, 7) is 5.08. The number of hydrogen-bond acceptors (Lipinski definition) is 8. The monoisotopic (exact) mass is 506 g/mol. The van der Waals surface area contributed by atoms with Gasteiger partial charge in [-0.05, 0) is 38.0 Å². The molecule has 0 spiro atoms. The zero-order valence-corrected chi connectivity index (χ0v) is 20.7. The number of piperidine rings is 1. The Morgan fingerprint density at radius 1 is 1.23 bits per heavy atom. The van der Waals surface area contributed by atoms with Crippen LogP contribution in [0.15, 0.2) is 41.4 Å². The van der Waals surface area contributed by atoms with Gasteiger partial charge in [-0.1, -0.05) is 6.07 Å². The maximum atomic E-state index is 14.5. The Kier molecular flexibility index (Phi) is 6.60. The number of likely N-dealkylation sites (tertiary alicyclic amines) is 1. The molecule has 1 aromatic heterocycles. The molecular weight excluding hydrogens is 475 g/mol. The van der Waals surface area contributed by atoms with Crippen LogP contribution in [-0.4, -0.2) is 74.6 Å². The third-order valence-electron chi connectivity index (χ3n) is 7.31. The number of aliphatic hydroxyl groups is 1. The van der Waals surface area contributed by atoms with Gasteiger partial charge >= 0.3 is 0 Å². The lowest BCUT2D eigenvalue weighted by molar-refractivity contribution is -0.248. The van der Waals surface area contributed by atoms with Crippen LogP contribution in [0.4, 0.5) is 4.39 Å². The Balaban J connectivity index is 1.20. The summed E-state index contributed by atoms with van der Waals surface area (Å²) in [7, 11) is -3.48. The van der Waals surface area contributed by atoms with Crippen molar-refractivity contribution in [2.24, 2.45) is 17.8 Å². The van der Waals surface area contributed by atoms with Crippen LogP contribution >= 0.6 is 0 Å². The molecule has 0 amide bonds. The van der Waals surface area contributed by atoms with E-state index in [1.165, 1.54) is 18.3 Å². The molecule has 1 N–H and O–H groups in total. The van der Waals surface area contributed by atoms with Gasteiger partial charge in [0, 0.05) is 60.5 Å². The molecule has 2 bridgehead atoms. The second-order valence-corrected chi connectivity index (χ2v) is 12.2. The van der Waals surface area contributed by atoms with Crippen molar-refractivity contribution < 1.29 is 32.1 Å². The van der Waals surface area contributed by atoms with Crippen molar-refractivity contribution in [2.45, 2.75) is 36.7 Å². The van der Waals surface area contributed by atoms with Crippen LogP contribution in [0.1, 0.15) is 19.8 Å². The van der Waals surface area contributed by atoms with Crippen LogP contribution in [0.5, 0.6) is 5.88 Å². The summed E-state index contributed by atoms with van der Waals surface area (Å²) in [5.41, 5.74) is 0.616. The van der Waals surface area contributed by atoms with Crippen molar-refractivity contribution in [2.75, 3.05) is 39.2 Å². The number of nitrogens with zero attached hydrogens (tertiary/aromatic N) is 2. The molecule has 0 radical (unpaired) electrons. The Hall–Kier alpha value is -2.11. The topological polar surface area (TPSA) is 98.2 Å². The number of aromatic nitrogens is 1. The molecule has 10 heteroatoms. The molecule has 35 heavy (non-hydrogen) atoms. The summed E-state index contributed by atoms with van der Waals surface area (Å²) in [5.74, 6) is 0.522. The van der Waals surface area contributed by atoms with E-state index in [2.05, 4.69) is 4.98 Å². The first-order valence-electron chi connectivity index (χ1n) is 11.9. The Bertz CT molecular complexity index is 1160. The van der Waals surface area contributed by atoms with Crippen LogP contribution in [0, 0.1) is 23.6 Å². The summed E-state index contributed by atoms with van der Waals surface area (Å²) < 4.78 is 55.4. The lowest BCUT2D eigenvalue weighted by Crippen LogP contribution is -2.57. The summed E-state index contributed by atoms with van der Waals surface area (Å²) in [5, 5.41) is 10.6. The third kappa shape index (κ3) is 5.51. The minimum atomic E-state index is -3.48. The molecular formula is C25H31FN2O6S.